The Balaban J connectivity index is 1.59. The maximum atomic E-state index is 12.3. The van der Waals surface area contributed by atoms with Crippen molar-refractivity contribution in [2.24, 2.45) is 0 Å². The van der Waals surface area contributed by atoms with Crippen molar-refractivity contribution in [2.45, 2.75) is 39.0 Å². The first-order chi connectivity index (χ1) is 13.1. The van der Waals surface area contributed by atoms with Gasteiger partial charge in [0.2, 0.25) is 5.91 Å². The van der Waals surface area contributed by atoms with Crippen molar-refractivity contribution in [3.8, 4) is 0 Å². The number of anilines is 1. The zero-order valence-electron chi connectivity index (χ0n) is 16.2. The maximum Gasteiger partial charge on any atom is 0.233 e. The summed E-state index contributed by atoms with van der Waals surface area (Å²) in [6, 6.07) is 6.35. The van der Waals surface area contributed by atoms with Gasteiger partial charge < -0.3 is 19.5 Å². The molecule has 2 aromatic rings. The van der Waals surface area contributed by atoms with Crippen molar-refractivity contribution in [2.75, 3.05) is 37.4 Å². The lowest BCUT2D eigenvalue weighted by molar-refractivity contribution is -0.132. The number of benzene rings is 1. The Hall–Kier alpha value is -2.06. The first-order valence-electron chi connectivity index (χ1n) is 9.30. The van der Waals surface area contributed by atoms with Crippen LogP contribution in [0.4, 0.5) is 5.69 Å². The summed E-state index contributed by atoms with van der Waals surface area (Å²) in [6.07, 6.45) is 0. The number of aryl methyl sites for hydroxylation is 2. The van der Waals surface area contributed by atoms with Crippen LogP contribution in [-0.4, -0.2) is 57.6 Å². The van der Waals surface area contributed by atoms with Gasteiger partial charge in [-0.15, -0.1) is 10.2 Å². The van der Waals surface area contributed by atoms with Gasteiger partial charge in [-0.1, -0.05) is 29.5 Å². The summed E-state index contributed by atoms with van der Waals surface area (Å²) in [5, 5.41) is 12.8. The van der Waals surface area contributed by atoms with Gasteiger partial charge in [0.25, 0.3) is 0 Å². The molecule has 1 aliphatic rings. The lowest BCUT2D eigenvalue weighted by Crippen LogP contribution is -2.41. The minimum atomic E-state index is 0.129. The molecular formula is C19H27N5O2S. The van der Waals surface area contributed by atoms with E-state index in [9.17, 15) is 4.79 Å². The fraction of sp³-hybridized carbons (Fsp3) is 0.526. The van der Waals surface area contributed by atoms with Gasteiger partial charge in [-0.05, 0) is 32.4 Å². The molecule has 7 nitrogen and oxygen atoms in total. The van der Waals surface area contributed by atoms with Gasteiger partial charge >= 0.3 is 0 Å². The Morgan fingerprint density at radius 1 is 1.26 bits per heavy atom. The lowest BCUT2D eigenvalue weighted by Gasteiger charge is -2.26. The van der Waals surface area contributed by atoms with Gasteiger partial charge in [-0.3, -0.25) is 4.79 Å². The van der Waals surface area contributed by atoms with Crippen molar-refractivity contribution < 1.29 is 9.53 Å². The lowest BCUT2D eigenvalue weighted by atomic mass is 10.1. The molecule has 0 unspecified atom stereocenters. The normalized spacial score (nSPS) is 14.4. The smallest absolute Gasteiger partial charge is 0.233 e. The molecule has 1 saturated heterocycles. The monoisotopic (exact) mass is 389 g/mol. The molecule has 0 bridgehead atoms. The first kappa shape index (κ1) is 19.7. The first-order valence-corrected chi connectivity index (χ1v) is 10.3. The highest BCUT2D eigenvalue weighted by molar-refractivity contribution is 7.99. The second-order valence-corrected chi connectivity index (χ2v) is 7.54. The predicted octanol–water partition coefficient (Wildman–Crippen LogP) is 2.48. The number of carbonyl (C=O) groups excluding carboxylic acids is 1. The van der Waals surface area contributed by atoms with Crippen molar-refractivity contribution in [3.63, 3.8) is 0 Å². The van der Waals surface area contributed by atoms with E-state index in [-0.39, 0.29) is 5.91 Å². The molecule has 0 aliphatic carbocycles. The van der Waals surface area contributed by atoms with E-state index in [1.807, 2.05) is 4.90 Å². The molecule has 0 atom stereocenters. The topological polar surface area (TPSA) is 72.3 Å². The Morgan fingerprint density at radius 3 is 2.74 bits per heavy atom. The minimum absolute atomic E-state index is 0.129. The van der Waals surface area contributed by atoms with Crippen LogP contribution in [0.25, 0.3) is 0 Å². The second-order valence-electron chi connectivity index (χ2n) is 6.60. The highest BCUT2D eigenvalue weighted by atomic mass is 32.2. The molecule has 1 N–H and O–H groups in total. The number of hydrogen-bond acceptors (Lipinski definition) is 6. The molecule has 0 spiro atoms. The van der Waals surface area contributed by atoms with Gasteiger partial charge in [-0.25, -0.2) is 0 Å². The number of carbonyl (C=O) groups is 1. The van der Waals surface area contributed by atoms with Gasteiger partial charge in [0.05, 0.1) is 25.5 Å². The van der Waals surface area contributed by atoms with E-state index in [2.05, 4.69) is 59.1 Å². The summed E-state index contributed by atoms with van der Waals surface area (Å²) in [5.74, 6) is 1.38. The zero-order valence-corrected chi connectivity index (χ0v) is 17.0. The number of nitrogens with one attached hydrogen (secondary N) is 1. The van der Waals surface area contributed by atoms with E-state index in [4.69, 9.17) is 4.74 Å². The van der Waals surface area contributed by atoms with E-state index >= 15 is 0 Å². The van der Waals surface area contributed by atoms with Crippen LogP contribution in [0.2, 0.25) is 0 Å². The summed E-state index contributed by atoms with van der Waals surface area (Å²) in [5.41, 5.74) is 3.56. The molecule has 1 fully saturated rings. The van der Waals surface area contributed by atoms with Gasteiger partial charge in [0.15, 0.2) is 11.0 Å². The Kier molecular flexibility index (Phi) is 6.73. The van der Waals surface area contributed by atoms with Crippen LogP contribution in [0.5, 0.6) is 0 Å². The summed E-state index contributed by atoms with van der Waals surface area (Å²) in [4.78, 5) is 14.2. The van der Waals surface area contributed by atoms with Crippen molar-refractivity contribution >= 4 is 23.4 Å². The van der Waals surface area contributed by atoms with E-state index in [1.165, 1.54) is 22.9 Å². The number of hydrogen-bond donors (Lipinski definition) is 1. The van der Waals surface area contributed by atoms with Gasteiger partial charge in [0, 0.05) is 25.3 Å². The number of aromatic nitrogens is 3. The number of rotatable bonds is 7. The SMILES string of the molecule is CCn1c(CNc2ccc(C)cc2C)nnc1SCC(=O)N1CCOCC1. The molecule has 2 heterocycles. The van der Waals surface area contributed by atoms with E-state index in [1.54, 1.807) is 0 Å². The quantitative estimate of drug-likeness (QED) is 0.734. The van der Waals surface area contributed by atoms with Crippen LogP contribution in [0.3, 0.4) is 0 Å². The molecule has 1 aromatic carbocycles. The number of ether oxygens (including phenoxy) is 1. The van der Waals surface area contributed by atoms with E-state index in [0.29, 0.717) is 38.6 Å². The number of nitrogens with zero attached hydrogens (tertiary/aromatic N) is 4. The standard InChI is InChI=1S/C19H27N5O2S/c1-4-24-17(12-20-16-6-5-14(2)11-15(16)3)21-22-19(24)27-13-18(25)23-7-9-26-10-8-23/h5-6,11,20H,4,7-10,12-13H2,1-3H3. The molecular weight excluding hydrogens is 362 g/mol. The summed E-state index contributed by atoms with van der Waals surface area (Å²) < 4.78 is 7.36. The Bertz CT molecular complexity index is 786. The summed E-state index contributed by atoms with van der Waals surface area (Å²) in [6.45, 7) is 10.2. The fourth-order valence-corrected chi connectivity index (χ4v) is 4.01. The van der Waals surface area contributed by atoms with Crippen molar-refractivity contribution in [1.29, 1.82) is 0 Å². The summed E-state index contributed by atoms with van der Waals surface area (Å²) in [7, 11) is 0. The predicted molar refractivity (Wildman–Crippen MR) is 107 cm³/mol. The van der Waals surface area contributed by atoms with Crippen LogP contribution >= 0.6 is 11.8 Å². The van der Waals surface area contributed by atoms with Gasteiger partial charge in [-0.2, -0.15) is 0 Å². The third-order valence-corrected chi connectivity index (χ3v) is 5.57. The molecule has 27 heavy (non-hydrogen) atoms. The van der Waals surface area contributed by atoms with Crippen LogP contribution in [0.15, 0.2) is 23.4 Å². The third kappa shape index (κ3) is 5.01. The molecule has 1 aromatic heterocycles. The largest absolute Gasteiger partial charge is 0.378 e. The second kappa shape index (κ2) is 9.23. The van der Waals surface area contributed by atoms with Crippen LogP contribution < -0.4 is 5.32 Å². The molecule has 146 valence electrons. The van der Waals surface area contributed by atoms with Crippen LogP contribution in [0.1, 0.15) is 23.9 Å². The Labute approximate surface area is 164 Å². The number of thioether (sulfide) groups is 1. The van der Waals surface area contributed by atoms with Gasteiger partial charge in [0.1, 0.15) is 0 Å². The maximum absolute atomic E-state index is 12.3. The average Bonchev–Trinajstić information content (AvgIpc) is 3.08. The third-order valence-electron chi connectivity index (χ3n) is 4.62. The van der Waals surface area contributed by atoms with Crippen molar-refractivity contribution in [1.82, 2.24) is 19.7 Å². The number of amides is 1. The Morgan fingerprint density at radius 2 is 2.04 bits per heavy atom. The fourth-order valence-electron chi connectivity index (χ4n) is 3.09. The molecule has 0 radical (unpaired) electrons. The van der Waals surface area contributed by atoms with E-state index in [0.717, 1.165) is 23.2 Å². The van der Waals surface area contributed by atoms with Crippen LogP contribution in [-0.2, 0) is 22.6 Å². The molecule has 1 aliphatic heterocycles. The molecule has 3 rings (SSSR count). The average molecular weight is 390 g/mol. The van der Waals surface area contributed by atoms with E-state index < -0.39 is 0 Å². The zero-order chi connectivity index (χ0) is 19.2. The summed E-state index contributed by atoms with van der Waals surface area (Å²) >= 11 is 1.45. The molecule has 0 saturated carbocycles. The molecule has 1 amide bonds. The minimum Gasteiger partial charge on any atom is -0.378 e. The highest BCUT2D eigenvalue weighted by Crippen LogP contribution is 2.20. The number of morpholine rings is 1. The highest BCUT2D eigenvalue weighted by Gasteiger charge is 2.19. The van der Waals surface area contributed by atoms with Crippen LogP contribution in [0, 0.1) is 13.8 Å². The van der Waals surface area contributed by atoms with Crippen molar-refractivity contribution in [3.05, 3.63) is 35.2 Å². The molecule has 8 heteroatoms.